The lowest BCUT2D eigenvalue weighted by Crippen LogP contribution is -2.28. The standard InChI is InChI=1S/C9H17NO2.C8H16.C2H6/c1-7-3-4-9(11-6-7)12-10-5-8(10)2;1-7-3-5-8(2)6-4-7;1-2/h7-9H,3-6H2,1-2H3;7-8H,3-6H2,1-2H3;1-2H3. The maximum absolute atomic E-state index is 5.57. The molecule has 1 aliphatic carbocycles. The van der Waals surface area contributed by atoms with Crippen LogP contribution in [0.5, 0.6) is 0 Å². The first kappa shape index (κ1) is 19.9. The molecule has 0 spiro atoms. The van der Waals surface area contributed by atoms with E-state index in [1.165, 1.54) is 32.1 Å². The molecule has 0 N–H and O–H groups in total. The van der Waals surface area contributed by atoms with Crippen LogP contribution in [0, 0.1) is 17.8 Å². The molecule has 3 heteroatoms. The molecular weight excluding hydrogens is 274 g/mol. The summed E-state index contributed by atoms with van der Waals surface area (Å²) in [6.07, 6.45) is 8.20. The van der Waals surface area contributed by atoms with Gasteiger partial charge in [0.2, 0.25) is 0 Å². The Morgan fingerprint density at radius 1 is 0.773 bits per heavy atom. The minimum atomic E-state index is 0.0335. The summed E-state index contributed by atoms with van der Waals surface area (Å²) in [5, 5.41) is 1.99. The summed E-state index contributed by atoms with van der Waals surface area (Å²) >= 11 is 0. The van der Waals surface area contributed by atoms with Gasteiger partial charge in [-0.3, -0.25) is 4.84 Å². The van der Waals surface area contributed by atoms with Crippen LogP contribution in [0.3, 0.4) is 0 Å². The summed E-state index contributed by atoms with van der Waals surface area (Å²) in [6.45, 7) is 15.0. The van der Waals surface area contributed by atoms with Crippen molar-refractivity contribution in [2.75, 3.05) is 13.2 Å². The average Bonchev–Trinajstić information content (AvgIpc) is 3.22. The monoisotopic (exact) mass is 313 g/mol. The Bertz CT molecular complexity index is 259. The molecule has 4 atom stereocenters. The predicted molar refractivity (Wildman–Crippen MR) is 93.5 cm³/mol. The maximum Gasteiger partial charge on any atom is 0.177 e. The molecule has 0 bridgehead atoms. The van der Waals surface area contributed by atoms with E-state index in [4.69, 9.17) is 9.57 Å². The first-order valence-electron chi connectivity index (χ1n) is 9.59. The molecule has 0 aromatic rings. The van der Waals surface area contributed by atoms with Crippen LogP contribution in [0.2, 0.25) is 0 Å². The molecule has 2 saturated heterocycles. The van der Waals surface area contributed by atoms with Gasteiger partial charge in [-0.1, -0.05) is 60.3 Å². The number of hydroxylamine groups is 2. The Balaban J connectivity index is 0.000000211. The summed E-state index contributed by atoms with van der Waals surface area (Å²) in [6, 6.07) is 0.605. The van der Waals surface area contributed by atoms with Crippen LogP contribution in [0.25, 0.3) is 0 Å². The first-order chi connectivity index (χ1) is 10.5. The largest absolute Gasteiger partial charge is 0.351 e. The molecule has 2 aliphatic heterocycles. The molecule has 0 aromatic heterocycles. The molecule has 0 amide bonds. The summed E-state index contributed by atoms with van der Waals surface area (Å²) in [4.78, 5) is 5.57. The van der Waals surface area contributed by atoms with Crippen LogP contribution >= 0.6 is 0 Å². The molecule has 2 heterocycles. The fourth-order valence-electron chi connectivity index (χ4n) is 2.88. The number of hydrogen-bond donors (Lipinski definition) is 0. The Morgan fingerprint density at radius 2 is 1.23 bits per heavy atom. The summed E-state index contributed by atoms with van der Waals surface area (Å²) in [5.41, 5.74) is 0. The van der Waals surface area contributed by atoms with Gasteiger partial charge in [-0.05, 0) is 31.1 Å². The van der Waals surface area contributed by atoms with E-state index in [2.05, 4.69) is 27.7 Å². The smallest absolute Gasteiger partial charge is 0.177 e. The normalized spacial score (nSPS) is 40.6. The summed E-state index contributed by atoms with van der Waals surface area (Å²) < 4.78 is 5.53. The minimum Gasteiger partial charge on any atom is -0.351 e. The van der Waals surface area contributed by atoms with E-state index in [9.17, 15) is 0 Å². The highest BCUT2D eigenvalue weighted by atomic mass is 16.8. The lowest BCUT2D eigenvalue weighted by Gasteiger charge is -2.26. The predicted octanol–water partition coefficient (Wildman–Crippen LogP) is 5.25. The lowest BCUT2D eigenvalue weighted by atomic mass is 9.84. The van der Waals surface area contributed by atoms with Crippen molar-refractivity contribution >= 4 is 0 Å². The van der Waals surface area contributed by atoms with Crippen molar-refractivity contribution < 1.29 is 9.57 Å². The van der Waals surface area contributed by atoms with Gasteiger partial charge in [0.25, 0.3) is 0 Å². The van der Waals surface area contributed by atoms with Gasteiger partial charge in [0, 0.05) is 19.0 Å². The van der Waals surface area contributed by atoms with Gasteiger partial charge in [0.1, 0.15) is 0 Å². The van der Waals surface area contributed by atoms with Gasteiger partial charge < -0.3 is 4.74 Å². The zero-order chi connectivity index (χ0) is 16.5. The number of rotatable bonds is 2. The second kappa shape index (κ2) is 10.6. The van der Waals surface area contributed by atoms with Crippen LogP contribution < -0.4 is 0 Å². The zero-order valence-corrected chi connectivity index (χ0v) is 15.8. The summed E-state index contributed by atoms with van der Waals surface area (Å²) in [7, 11) is 0. The molecule has 132 valence electrons. The fraction of sp³-hybridized carbons (Fsp3) is 1.00. The molecule has 3 nitrogen and oxygen atoms in total. The summed E-state index contributed by atoms with van der Waals surface area (Å²) in [5.74, 6) is 2.74. The Morgan fingerprint density at radius 3 is 1.59 bits per heavy atom. The van der Waals surface area contributed by atoms with Gasteiger partial charge >= 0.3 is 0 Å². The second-order valence-electron chi connectivity index (χ2n) is 7.36. The third-order valence-corrected chi connectivity index (χ3v) is 4.82. The van der Waals surface area contributed by atoms with Crippen LogP contribution in [-0.2, 0) is 9.57 Å². The van der Waals surface area contributed by atoms with E-state index in [1.54, 1.807) is 0 Å². The van der Waals surface area contributed by atoms with E-state index in [1.807, 2.05) is 18.9 Å². The SMILES string of the molecule is CC.CC1CCC(C)CC1.CC1CCC(ON2CC2C)OC1. The molecule has 1 saturated carbocycles. The Kier molecular flexibility index (Phi) is 9.62. The van der Waals surface area contributed by atoms with E-state index in [0.717, 1.165) is 31.4 Å². The fourth-order valence-corrected chi connectivity index (χ4v) is 2.88. The van der Waals surface area contributed by atoms with Crippen molar-refractivity contribution in [1.29, 1.82) is 0 Å². The highest BCUT2D eigenvalue weighted by Crippen LogP contribution is 2.27. The third-order valence-electron chi connectivity index (χ3n) is 4.82. The molecule has 4 unspecified atom stereocenters. The molecule has 3 rings (SSSR count). The minimum absolute atomic E-state index is 0.0335. The van der Waals surface area contributed by atoms with Crippen molar-refractivity contribution in [2.24, 2.45) is 17.8 Å². The highest BCUT2D eigenvalue weighted by molar-refractivity contribution is 4.77. The number of nitrogens with zero attached hydrogens (tertiary/aromatic N) is 1. The average molecular weight is 314 g/mol. The quantitative estimate of drug-likeness (QED) is 0.649. The molecule has 0 radical (unpaired) electrons. The van der Waals surface area contributed by atoms with E-state index in [0.29, 0.717) is 12.0 Å². The van der Waals surface area contributed by atoms with Crippen LogP contribution in [0.4, 0.5) is 0 Å². The number of ether oxygens (including phenoxy) is 1. The topological polar surface area (TPSA) is 21.5 Å². The Hall–Kier alpha value is -0.120. The van der Waals surface area contributed by atoms with Crippen molar-refractivity contribution in [1.82, 2.24) is 5.06 Å². The molecular formula is C19H39NO2. The van der Waals surface area contributed by atoms with E-state index in [-0.39, 0.29) is 6.29 Å². The van der Waals surface area contributed by atoms with Gasteiger partial charge in [0.05, 0.1) is 6.61 Å². The molecule has 3 fully saturated rings. The van der Waals surface area contributed by atoms with Crippen LogP contribution in [-0.4, -0.2) is 30.5 Å². The van der Waals surface area contributed by atoms with E-state index >= 15 is 0 Å². The highest BCUT2D eigenvalue weighted by Gasteiger charge is 2.34. The van der Waals surface area contributed by atoms with Crippen molar-refractivity contribution in [3.05, 3.63) is 0 Å². The van der Waals surface area contributed by atoms with Gasteiger partial charge in [-0.2, -0.15) is 5.06 Å². The van der Waals surface area contributed by atoms with Gasteiger partial charge in [-0.25, -0.2) is 0 Å². The Labute approximate surface area is 138 Å². The van der Waals surface area contributed by atoms with Gasteiger partial charge in [0.15, 0.2) is 6.29 Å². The van der Waals surface area contributed by atoms with E-state index < -0.39 is 0 Å². The maximum atomic E-state index is 5.57. The second-order valence-corrected chi connectivity index (χ2v) is 7.36. The molecule has 22 heavy (non-hydrogen) atoms. The van der Waals surface area contributed by atoms with Crippen LogP contribution in [0.1, 0.15) is 80.1 Å². The van der Waals surface area contributed by atoms with Crippen molar-refractivity contribution in [2.45, 2.75) is 92.4 Å². The lowest BCUT2D eigenvalue weighted by molar-refractivity contribution is -0.255. The molecule has 3 aliphatic rings. The van der Waals surface area contributed by atoms with Crippen molar-refractivity contribution in [3.8, 4) is 0 Å². The van der Waals surface area contributed by atoms with Crippen LogP contribution in [0.15, 0.2) is 0 Å². The molecule has 0 aromatic carbocycles. The third kappa shape index (κ3) is 7.94. The van der Waals surface area contributed by atoms with Crippen molar-refractivity contribution in [3.63, 3.8) is 0 Å². The van der Waals surface area contributed by atoms with Gasteiger partial charge in [-0.15, -0.1) is 0 Å². The zero-order valence-electron chi connectivity index (χ0n) is 15.8. The number of hydrogen-bond acceptors (Lipinski definition) is 3. The first-order valence-corrected chi connectivity index (χ1v) is 9.59.